The number of nitrogens with two attached hydrogens (primary N) is 2. The van der Waals surface area contributed by atoms with Crippen LogP contribution in [-0.2, 0) is 19.2 Å². The molecule has 32 heavy (non-hydrogen) atoms. The molecule has 0 heterocycles. The molecule has 0 saturated heterocycles. The van der Waals surface area contributed by atoms with Crippen LogP contribution in [0.3, 0.4) is 0 Å². The molecule has 0 spiro atoms. The molecule has 186 valence electrons. The number of carbonyl (C=O) groups excluding carboxylic acids is 3. The summed E-state index contributed by atoms with van der Waals surface area (Å²) in [5, 5.41) is 26.2. The second-order valence-corrected chi connectivity index (χ2v) is 9.13. The van der Waals surface area contributed by atoms with E-state index in [1.54, 1.807) is 11.8 Å². The van der Waals surface area contributed by atoms with Crippen LogP contribution in [0.15, 0.2) is 0 Å². The van der Waals surface area contributed by atoms with Gasteiger partial charge in [0, 0.05) is 0 Å². The molecular formula is C19H37N5O6S2. The average molecular weight is 496 g/mol. The number of carbonyl (C=O) groups is 4. The van der Waals surface area contributed by atoms with Gasteiger partial charge in [0.25, 0.3) is 0 Å². The van der Waals surface area contributed by atoms with E-state index in [2.05, 4.69) is 16.0 Å². The number of aliphatic hydroxyl groups is 1. The molecule has 3 amide bonds. The van der Waals surface area contributed by atoms with E-state index in [4.69, 9.17) is 11.5 Å². The van der Waals surface area contributed by atoms with Gasteiger partial charge < -0.3 is 37.6 Å². The van der Waals surface area contributed by atoms with Gasteiger partial charge in [0.05, 0.1) is 12.6 Å². The number of hydrogen-bond acceptors (Lipinski definition) is 9. The third-order valence-corrected chi connectivity index (χ3v) is 5.88. The number of amides is 3. The minimum atomic E-state index is -1.36. The van der Waals surface area contributed by atoms with E-state index in [1.165, 1.54) is 11.8 Å². The third-order valence-electron chi connectivity index (χ3n) is 4.59. The largest absolute Gasteiger partial charge is 0.480 e. The van der Waals surface area contributed by atoms with Crippen molar-refractivity contribution < 1.29 is 29.4 Å². The quantitative estimate of drug-likeness (QED) is 0.110. The van der Waals surface area contributed by atoms with Gasteiger partial charge in [-0.25, -0.2) is 4.79 Å². The first-order valence-electron chi connectivity index (χ1n) is 10.4. The summed E-state index contributed by atoms with van der Waals surface area (Å²) in [6.07, 6.45) is 5.81. The number of rotatable bonds is 18. The molecule has 0 fully saturated rings. The molecule has 0 aliphatic heterocycles. The smallest absolute Gasteiger partial charge is 0.326 e. The molecule has 0 aliphatic rings. The van der Waals surface area contributed by atoms with Gasteiger partial charge in [-0.3, -0.25) is 14.4 Å². The second-order valence-electron chi connectivity index (χ2n) is 7.16. The number of aliphatic hydroxyl groups excluding tert-OH is 1. The van der Waals surface area contributed by atoms with Crippen molar-refractivity contribution >= 4 is 47.2 Å². The zero-order valence-corrected chi connectivity index (χ0v) is 20.3. The minimum Gasteiger partial charge on any atom is -0.480 e. The molecule has 0 aliphatic carbocycles. The topological polar surface area (TPSA) is 197 Å². The number of nitrogens with one attached hydrogen (secondary N) is 3. The van der Waals surface area contributed by atoms with Gasteiger partial charge in [-0.2, -0.15) is 23.5 Å². The van der Waals surface area contributed by atoms with Crippen molar-refractivity contribution in [1.82, 2.24) is 16.0 Å². The summed E-state index contributed by atoms with van der Waals surface area (Å²) in [4.78, 5) is 48.9. The van der Waals surface area contributed by atoms with Crippen LogP contribution in [0.5, 0.6) is 0 Å². The SMILES string of the molecule is CSCCC(N)C(=O)NC(CCCCN)C(=O)NC(CO)C(=O)NC(CCSC)C(=O)O. The van der Waals surface area contributed by atoms with Gasteiger partial charge >= 0.3 is 5.97 Å². The first-order chi connectivity index (χ1) is 15.2. The summed E-state index contributed by atoms with van der Waals surface area (Å²) in [6.45, 7) is -0.313. The van der Waals surface area contributed by atoms with Gasteiger partial charge in [0.2, 0.25) is 17.7 Å². The van der Waals surface area contributed by atoms with Gasteiger partial charge in [0.15, 0.2) is 0 Å². The van der Waals surface area contributed by atoms with E-state index < -0.39 is 54.5 Å². The van der Waals surface area contributed by atoms with Crippen molar-refractivity contribution in [3.8, 4) is 0 Å². The Bertz CT molecular complexity index is 599. The highest BCUT2D eigenvalue weighted by Crippen LogP contribution is 2.05. The maximum absolute atomic E-state index is 12.8. The lowest BCUT2D eigenvalue weighted by atomic mass is 10.1. The van der Waals surface area contributed by atoms with Crippen LogP contribution in [0.2, 0.25) is 0 Å². The van der Waals surface area contributed by atoms with Gasteiger partial charge in [-0.15, -0.1) is 0 Å². The number of hydrogen-bond donors (Lipinski definition) is 7. The van der Waals surface area contributed by atoms with E-state index in [-0.39, 0.29) is 12.8 Å². The van der Waals surface area contributed by atoms with E-state index in [9.17, 15) is 29.4 Å². The summed E-state index contributed by atoms with van der Waals surface area (Å²) in [5.41, 5.74) is 11.4. The molecule has 11 nitrogen and oxygen atoms in total. The normalized spacial score (nSPS) is 14.7. The van der Waals surface area contributed by atoms with Crippen molar-refractivity contribution in [2.45, 2.75) is 56.3 Å². The van der Waals surface area contributed by atoms with Gasteiger partial charge in [-0.1, -0.05) is 0 Å². The fraction of sp³-hybridized carbons (Fsp3) is 0.789. The predicted molar refractivity (Wildman–Crippen MR) is 127 cm³/mol. The molecule has 0 bridgehead atoms. The van der Waals surface area contributed by atoms with Crippen molar-refractivity contribution in [3.05, 3.63) is 0 Å². The number of carboxylic acid groups (broad SMARTS) is 1. The number of thioether (sulfide) groups is 2. The zero-order valence-electron chi connectivity index (χ0n) is 18.7. The Labute approximate surface area is 197 Å². The Morgan fingerprint density at radius 2 is 1.34 bits per heavy atom. The molecule has 0 rings (SSSR count). The van der Waals surface area contributed by atoms with Crippen LogP contribution < -0.4 is 27.4 Å². The first kappa shape index (κ1) is 30.5. The molecule has 4 atom stereocenters. The van der Waals surface area contributed by atoms with Crippen molar-refractivity contribution in [2.75, 3.05) is 37.2 Å². The molecule has 0 saturated carbocycles. The number of carboxylic acids is 1. The maximum atomic E-state index is 12.8. The van der Waals surface area contributed by atoms with Crippen LogP contribution in [0.4, 0.5) is 0 Å². The molecule has 0 radical (unpaired) electrons. The number of unbranched alkanes of at least 4 members (excludes halogenated alkanes) is 1. The van der Waals surface area contributed by atoms with Crippen LogP contribution >= 0.6 is 23.5 Å². The Kier molecular flexibility index (Phi) is 17.1. The first-order valence-corrected chi connectivity index (χ1v) is 13.2. The number of aliphatic carboxylic acids is 1. The van der Waals surface area contributed by atoms with Crippen LogP contribution in [0, 0.1) is 0 Å². The summed E-state index contributed by atoms with van der Waals surface area (Å²) < 4.78 is 0. The van der Waals surface area contributed by atoms with Gasteiger partial charge in [-0.05, 0) is 62.7 Å². The molecule has 0 aromatic rings. The van der Waals surface area contributed by atoms with E-state index in [1.807, 2.05) is 12.5 Å². The molecular weight excluding hydrogens is 458 g/mol. The van der Waals surface area contributed by atoms with Crippen molar-refractivity contribution in [2.24, 2.45) is 11.5 Å². The van der Waals surface area contributed by atoms with Gasteiger partial charge in [0.1, 0.15) is 18.1 Å². The zero-order chi connectivity index (χ0) is 24.5. The Hall–Kier alpha value is -1.54. The summed E-state index contributed by atoms with van der Waals surface area (Å²) in [5.74, 6) is -1.98. The lowest BCUT2D eigenvalue weighted by Crippen LogP contribution is -2.58. The summed E-state index contributed by atoms with van der Waals surface area (Å²) in [6, 6.07) is -4.26. The van der Waals surface area contributed by atoms with Crippen molar-refractivity contribution in [3.63, 3.8) is 0 Å². The standard InChI is InChI=1S/C19H37N5O6S2/c1-31-9-6-12(21)16(26)22-13(5-3-4-8-20)17(27)24-15(11-25)18(28)23-14(19(29)30)7-10-32-2/h12-15,25H,3-11,20-21H2,1-2H3,(H,22,26)(H,23,28)(H,24,27)(H,29,30). The fourth-order valence-electron chi connectivity index (χ4n) is 2.65. The molecule has 4 unspecified atom stereocenters. The highest BCUT2D eigenvalue weighted by molar-refractivity contribution is 7.98. The predicted octanol–water partition coefficient (Wildman–Crippen LogP) is -1.52. The Morgan fingerprint density at radius 1 is 0.812 bits per heavy atom. The lowest BCUT2D eigenvalue weighted by Gasteiger charge is -2.24. The van der Waals surface area contributed by atoms with Crippen molar-refractivity contribution in [1.29, 1.82) is 0 Å². The lowest BCUT2D eigenvalue weighted by molar-refractivity contribution is -0.142. The molecule has 13 heteroatoms. The average Bonchev–Trinajstić information content (AvgIpc) is 2.77. The highest BCUT2D eigenvalue weighted by atomic mass is 32.2. The van der Waals surface area contributed by atoms with Crippen LogP contribution in [-0.4, -0.2) is 95.2 Å². The van der Waals surface area contributed by atoms with Crippen LogP contribution in [0.25, 0.3) is 0 Å². The molecule has 0 aromatic heterocycles. The molecule has 0 aromatic carbocycles. The summed E-state index contributed by atoms with van der Waals surface area (Å²) >= 11 is 2.98. The van der Waals surface area contributed by atoms with Crippen LogP contribution in [0.1, 0.15) is 32.1 Å². The third kappa shape index (κ3) is 12.5. The Morgan fingerprint density at radius 3 is 1.88 bits per heavy atom. The maximum Gasteiger partial charge on any atom is 0.326 e. The minimum absolute atomic E-state index is 0.194. The van der Waals surface area contributed by atoms with E-state index >= 15 is 0 Å². The highest BCUT2D eigenvalue weighted by Gasteiger charge is 2.29. The summed E-state index contributed by atoms with van der Waals surface area (Å²) in [7, 11) is 0. The van der Waals surface area contributed by atoms with E-state index in [0.717, 1.165) is 0 Å². The molecule has 9 N–H and O–H groups in total. The fourth-order valence-corrected chi connectivity index (χ4v) is 3.61. The Balaban J connectivity index is 5.15. The van der Waals surface area contributed by atoms with E-state index in [0.29, 0.717) is 37.3 Å². The second kappa shape index (κ2) is 18.0. The monoisotopic (exact) mass is 495 g/mol.